The van der Waals surface area contributed by atoms with Gasteiger partial charge in [-0.25, -0.2) is 0 Å². The average molecular weight is 287 g/mol. The van der Waals surface area contributed by atoms with Gasteiger partial charge in [0.2, 0.25) is 0 Å². The fourth-order valence-electron chi connectivity index (χ4n) is 1.86. The van der Waals surface area contributed by atoms with Gasteiger partial charge in [-0.2, -0.15) is 0 Å². The summed E-state index contributed by atoms with van der Waals surface area (Å²) in [5.41, 5.74) is 9.31. The van der Waals surface area contributed by atoms with Crippen molar-refractivity contribution < 1.29 is 5.11 Å². The van der Waals surface area contributed by atoms with Gasteiger partial charge in [0.25, 0.3) is 0 Å². The van der Waals surface area contributed by atoms with Crippen LogP contribution in [-0.4, -0.2) is 5.11 Å². The van der Waals surface area contributed by atoms with Gasteiger partial charge in [-0.3, -0.25) is 0 Å². The second kappa shape index (κ2) is 7.56. The van der Waals surface area contributed by atoms with Crippen LogP contribution in [0.2, 0.25) is 0 Å². The van der Waals surface area contributed by atoms with Gasteiger partial charge in [0.05, 0.1) is 0 Å². The quantitative estimate of drug-likeness (QED) is 0.517. The van der Waals surface area contributed by atoms with Gasteiger partial charge in [0.1, 0.15) is 5.75 Å². The van der Waals surface area contributed by atoms with Crippen LogP contribution in [0, 0.1) is 12.3 Å². The van der Waals surface area contributed by atoms with E-state index < -0.39 is 0 Å². The fraction of sp³-hybridized carbons (Fsp3) is 0. The minimum absolute atomic E-state index is 0.305. The lowest BCUT2D eigenvalue weighted by Crippen LogP contribution is -1.82. The van der Waals surface area contributed by atoms with E-state index in [1.165, 1.54) is 5.56 Å². The number of nitrogen functional groups attached to an aromatic ring is 1. The maximum atomic E-state index is 9.10. The summed E-state index contributed by atoms with van der Waals surface area (Å²) in [6.45, 7) is 0. The molecule has 108 valence electrons. The number of aromatic hydroxyl groups is 1. The van der Waals surface area contributed by atoms with Crippen molar-refractivity contribution in [1.29, 1.82) is 0 Å². The Hall–Kier alpha value is -3.18. The van der Waals surface area contributed by atoms with E-state index in [0.29, 0.717) is 5.75 Å². The molecule has 0 aliphatic heterocycles. The molecule has 0 saturated heterocycles. The summed E-state index contributed by atoms with van der Waals surface area (Å²) < 4.78 is 0. The van der Waals surface area contributed by atoms with Crippen LogP contribution in [0.1, 0.15) is 5.56 Å². The Kier molecular flexibility index (Phi) is 5.23. The second-order valence-electron chi connectivity index (χ2n) is 4.68. The predicted molar refractivity (Wildman–Crippen MR) is 92.3 cm³/mol. The molecule has 2 heteroatoms. The lowest BCUT2D eigenvalue weighted by molar-refractivity contribution is 0.475. The summed E-state index contributed by atoms with van der Waals surface area (Å²) in [5.74, 6) is 2.80. The number of rotatable bonds is 1. The maximum Gasteiger partial charge on any atom is 0.115 e. The van der Waals surface area contributed by atoms with Gasteiger partial charge < -0.3 is 10.8 Å². The Morgan fingerprint density at radius 1 is 0.727 bits per heavy atom. The zero-order valence-corrected chi connectivity index (χ0v) is 12.1. The fourth-order valence-corrected chi connectivity index (χ4v) is 1.86. The number of nitrogens with two attached hydrogens (primary N) is 1. The molecule has 0 unspecified atom stereocenters. The van der Waals surface area contributed by atoms with E-state index >= 15 is 0 Å². The smallest absolute Gasteiger partial charge is 0.115 e. The first-order valence-electron chi connectivity index (χ1n) is 6.85. The molecule has 0 aromatic heterocycles. The molecule has 2 nitrogen and oxygen atoms in total. The van der Waals surface area contributed by atoms with Crippen LogP contribution < -0.4 is 5.73 Å². The van der Waals surface area contributed by atoms with Crippen LogP contribution in [-0.2, 0) is 0 Å². The normalized spacial score (nSPS) is 9.23. The third-order valence-corrected chi connectivity index (χ3v) is 3.05. The first-order valence-corrected chi connectivity index (χ1v) is 6.85. The van der Waals surface area contributed by atoms with Crippen LogP contribution in [0.5, 0.6) is 5.75 Å². The highest BCUT2D eigenvalue weighted by Crippen LogP contribution is 2.20. The van der Waals surface area contributed by atoms with Crippen LogP contribution >= 0.6 is 0 Å². The Bertz CT molecular complexity index is 738. The Labute approximate surface area is 130 Å². The molecule has 0 fully saturated rings. The zero-order valence-electron chi connectivity index (χ0n) is 12.1. The molecule has 3 aromatic rings. The van der Waals surface area contributed by atoms with Gasteiger partial charge in [-0.15, -0.1) is 6.42 Å². The third-order valence-electron chi connectivity index (χ3n) is 3.05. The average Bonchev–Trinajstić information content (AvgIpc) is 2.58. The number of phenols is 1. The maximum absolute atomic E-state index is 9.10. The summed E-state index contributed by atoms with van der Waals surface area (Å²) >= 11 is 0. The number of terminal acetylenes is 1. The van der Waals surface area contributed by atoms with E-state index in [4.69, 9.17) is 17.3 Å². The second-order valence-corrected chi connectivity index (χ2v) is 4.68. The van der Waals surface area contributed by atoms with Gasteiger partial charge in [0, 0.05) is 11.3 Å². The number of phenolic OH excluding ortho intramolecular Hbond substituents is 1. The molecule has 0 aliphatic rings. The van der Waals surface area contributed by atoms with Gasteiger partial charge in [-0.1, -0.05) is 48.4 Å². The van der Waals surface area contributed by atoms with Crippen molar-refractivity contribution in [2.24, 2.45) is 0 Å². The number of hydrogen-bond donors (Lipinski definition) is 2. The zero-order chi connectivity index (χ0) is 15.8. The minimum atomic E-state index is 0.305. The van der Waals surface area contributed by atoms with Crippen molar-refractivity contribution in [2.75, 3.05) is 5.73 Å². The molecule has 0 heterocycles. The van der Waals surface area contributed by atoms with Crippen molar-refractivity contribution >= 4 is 5.69 Å². The van der Waals surface area contributed by atoms with Crippen molar-refractivity contribution in [1.82, 2.24) is 0 Å². The molecule has 22 heavy (non-hydrogen) atoms. The Morgan fingerprint density at radius 3 is 1.82 bits per heavy atom. The molecule has 0 bridgehead atoms. The molecule has 0 amide bonds. The third kappa shape index (κ3) is 4.43. The van der Waals surface area contributed by atoms with Crippen molar-refractivity contribution in [3.8, 4) is 29.2 Å². The molecular formula is C20H17NO. The standard InChI is InChI=1S/C12H10O.C8H7N/c13-12-8-6-11(7-9-12)10-4-2-1-3-5-10;1-2-7-3-5-8(9)6-4-7/h1-9,13H;1,3-6H,9H2. The summed E-state index contributed by atoms with van der Waals surface area (Å²) in [5, 5.41) is 9.10. The summed E-state index contributed by atoms with van der Waals surface area (Å²) in [6.07, 6.45) is 5.11. The van der Waals surface area contributed by atoms with E-state index in [0.717, 1.165) is 16.8 Å². The molecular weight excluding hydrogens is 270 g/mol. The molecule has 0 saturated carbocycles. The molecule has 3 N–H and O–H groups in total. The van der Waals surface area contributed by atoms with Crippen molar-refractivity contribution in [3.05, 3.63) is 84.4 Å². The molecule has 0 radical (unpaired) electrons. The summed E-state index contributed by atoms with van der Waals surface area (Å²) in [6, 6.07) is 24.5. The first kappa shape index (κ1) is 15.2. The van der Waals surface area contributed by atoms with Gasteiger partial charge in [-0.05, 0) is 47.5 Å². The molecule has 3 rings (SSSR count). The van der Waals surface area contributed by atoms with Gasteiger partial charge in [0.15, 0.2) is 0 Å². The highest BCUT2D eigenvalue weighted by molar-refractivity contribution is 5.63. The monoisotopic (exact) mass is 287 g/mol. The highest BCUT2D eigenvalue weighted by atomic mass is 16.3. The molecule has 3 aromatic carbocycles. The predicted octanol–water partition coefficient (Wildman–Crippen LogP) is 4.31. The van der Waals surface area contributed by atoms with E-state index in [1.807, 2.05) is 54.6 Å². The van der Waals surface area contributed by atoms with E-state index in [1.54, 1.807) is 24.3 Å². The molecule has 0 spiro atoms. The van der Waals surface area contributed by atoms with Crippen LogP contribution in [0.3, 0.4) is 0 Å². The van der Waals surface area contributed by atoms with Crippen LogP contribution in [0.4, 0.5) is 5.69 Å². The number of hydrogen-bond acceptors (Lipinski definition) is 2. The SMILES string of the molecule is C#Cc1ccc(N)cc1.Oc1ccc(-c2ccccc2)cc1. The molecule has 0 atom stereocenters. The molecule has 0 aliphatic carbocycles. The van der Waals surface area contributed by atoms with Crippen LogP contribution in [0.15, 0.2) is 78.9 Å². The largest absolute Gasteiger partial charge is 0.508 e. The summed E-state index contributed by atoms with van der Waals surface area (Å²) in [7, 11) is 0. The lowest BCUT2D eigenvalue weighted by atomic mass is 10.1. The van der Waals surface area contributed by atoms with Crippen LogP contribution in [0.25, 0.3) is 11.1 Å². The Balaban J connectivity index is 0.000000172. The topological polar surface area (TPSA) is 46.2 Å². The number of anilines is 1. The van der Waals surface area contributed by atoms with Crippen molar-refractivity contribution in [3.63, 3.8) is 0 Å². The van der Waals surface area contributed by atoms with Gasteiger partial charge >= 0.3 is 0 Å². The van der Waals surface area contributed by atoms with E-state index in [9.17, 15) is 0 Å². The van der Waals surface area contributed by atoms with E-state index in [2.05, 4.69) is 5.92 Å². The summed E-state index contributed by atoms with van der Waals surface area (Å²) in [4.78, 5) is 0. The first-order chi connectivity index (χ1) is 10.7. The minimum Gasteiger partial charge on any atom is -0.508 e. The number of benzene rings is 3. The lowest BCUT2D eigenvalue weighted by Gasteiger charge is -2.00. The van der Waals surface area contributed by atoms with E-state index in [-0.39, 0.29) is 0 Å². The van der Waals surface area contributed by atoms with Crippen molar-refractivity contribution in [2.45, 2.75) is 0 Å². The highest BCUT2D eigenvalue weighted by Gasteiger charge is 1.94. The Morgan fingerprint density at radius 2 is 1.27 bits per heavy atom.